The van der Waals surface area contributed by atoms with E-state index in [-0.39, 0.29) is 5.41 Å². The molecule has 3 heteroatoms. The van der Waals surface area contributed by atoms with Gasteiger partial charge in [0, 0.05) is 6.20 Å². The zero-order valence-corrected chi connectivity index (χ0v) is 10.0. The van der Waals surface area contributed by atoms with Crippen molar-refractivity contribution >= 4 is 17.2 Å². The van der Waals surface area contributed by atoms with Crippen LogP contribution in [-0.2, 0) is 6.42 Å². The van der Waals surface area contributed by atoms with Crippen molar-refractivity contribution in [2.75, 3.05) is 0 Å². The van der Waals surface area contributed by atoms with Crippen molar-refractivity contribution in [1.29, 1.82) is 0 Å². The molecule has 0 spiro atoms. The maximum Gasteiger partial charge on any atom is 0.138 e. The number of hydrogen-bond donors (Lipinski definition) is 0. The van der Waals surface area contributed by atoms with Gasteiger partial charge in [0.2, 0.25) is 0 Å². The first-order chi connectivity index (χ1) is 6.96. The molecule has 2 nitrogen and oxygen atoms in total. The van der Waals surface area contributed by atoms with Gasteiger partial charge >= 0.3 is 0 Å². The summed E-state index contributed by atoms with van der Waals surface area (Å²) in [6.07, 6.45) is 2.98. The highest BCUT2D eigenvalue weighted by molar-refractivity contribution is 6.29. The molecule has 2 aromatic heterocycles. The lowest BCUT2D eigenvalue weighted by Gasteiger charge is -2.15. The summed E-state index contributed by atoms with van der Waals surface area (Å²) in [5, 5.41) is 0.708. The van der Waals surface area contributed by atoms with E-state index in [1.807, 2.05) is 28.8 Å². The lowest BCUT2D eigenvalue weighted by atomic mass is 9.91. The van der Waals surface area contributed by atoms with Crippen LogP contribution >= 0.6 is 11.6 Å². The number of pyridine rings is 1. The van der Waals surface area contributed by atoms with Crippen LogP contribution in [0.4, 0.5) is 0 Å². The van der Waals surface area contributed by atoms with Crippen LogP contribution in [0.1, 0.15) is 26.5 Å². The summed E-state index contributed by atoms with van der Waals surface area (Å²) in [6, 6.07) is 5.76. The van der Waals surface area contributed by atoms with Gasteiger partial charge < -0.3 is 0 Å². The van der Waals surface area contributed by atoms with Crippen molar-refractivity contribution in [3.63, 3.8) is 0 Å². The van der Waals surface area contributed by atoms with E-state index in [1.54, 1.807) is 0 Å². The number of imidazole rings is 1. The Morgan fingerprint density at radius 3 is 2.67 bits per heavy atom. The van der Waals surface area contributed by atoms with Gasteiger partial charge in [-0.1, -0.05) is 38.4 Å². The third-order valence-electron chi connectivity index (χ3n) is 2.20. The molecule has 15 heavy (non-hydrogen) atoms. The van der Waals surface area contributed by atoms with E-state index in [0.29, 0.717) is 5.15 Å². The fourth-order valence-electron chi connectivity index (χ4n) is 1.66. The Hall–Kier alpha value is -1.02. The largest absolute Gasteiger partial charge is 0.290 e. The van der Waals surface area contributed by atoms with Gasteiger partial charge in [-0.15, -0.1) is 0 Å². The first kappa shape index (κ1) is 10.5. The Balaban J connectivity index is 2.44. The molecular weight excluding hydrogens is 208 g/mol. The van der Waals surface area contributed by atoms with E-state index in [2.05, 4.69) is 25.8 Å². The van der Waals surface area contributed by atoms with Crippen LogP contribution in [-0.4, -0.2) is 9.38 Å². The average molecular weight is 223 g/mol. The predicted molar refractivity (Wildman–Crippen MR) is 63.4 cm³/mol. The van der Waals surface area contributed by atoms with Crippen LogP contribution in [0.2, 0.25) is 5.15 Å². The van der Waals surface area contributed by atoms with Crippen molar-refractivity contribution < 1.29 is 0 Å². The Kier molecular flexibility index (Phi) is 2.47. The molecule has 0 bridgehead atoms. The van der Waals surface area contributed by atoms with Gasteiger partial charge in [0.25, 0.3) is 0 Å². The summed E-state index contributed by atoms with van der Waals surface area (Å²) < 4.78 is 1.92. The third kappa shape index (κ3) is 2.32. The molecule has 0 fully saturated rings. The smallest absolute Gasteiger partial charge is 0.138 e. The SMILES string of the molecule is CC(C)(C)Cc1cn2c(Cl)cccc2n1. The van der Waals surface area contributed by atoms with E-state index < -0.39 is 0 Å². The second-order valence-corrected chi connectivity index (χ2v) is 5.43. The summed E-state index contributed by atoms with van der Waals surface area (Å²) in [4.78, 5) is 4.54. The lowest BCUT2D eigenvalue weighted by molar-refractivity contribution is 0.407. The van der Waals surface area contributed by atoms with E-state index in [0.717, 1.165) is 17.8 Å². The molecule has 0 aromatic carbocycles. The Morgan fingerprint density at radius 2 is 2.07 bits per heavy atom. The Labute approximate surface area is 94.9 Å². The van der Waals surface area contributed by atoms with E-state index in [9.17, 15) is 0 Å². The summed E-state index contributed by atoms with van der Waals surface area (Å²) in [7, 11) is 0. The van der Waals surface area contributed by atoms with Gasteiger partial charge in [0.05, 0.1) is 5.69 Å². The van der Waals surface area contributed by atoms with Crippen LogP contribution in [0.3, 0.4) is 0 Å². The van der Waals surface area contributed by atoms with Crippen molar-refractivity contribution in [3.05, 3.63) is 35.2 Å². The molecule has 2 rings (SSSR count). The molecule has 0 aliphatic carbocycles. The minimum absolute atomic E-state index is 0.254. The molecule has 0 radical (unpaired) electrons. The molecule has 2 aromatic rings. The minimum Gasteiger partial charge on any atom is -0.290 e. The number of rotatable bonds is 1. The third-order valence-corrected chi connectivity index (χ3v) is 2.51. The van der Waals surface area contributed by atoms with Gasteiger partial charge in [0.1, 0.15) is 10.8 Å². The van der Waals surface area contributed by atoms with Crippen LogP contribution in [0, 0.1) is 5.41 Å². The minimum atomic E-state index is 0.254. The van der Waals surface area contributed by atoms with Gasteiger partial charge in [-0.05, 0) is 24.0 Å². The van der Waals surface area contributed by atoms with Gasteiger partial charge in [0.15, 0.2) is 0 Å². The molecule has 0 unspecified atom stereocenters. The normalized spacial score (nSPS) is 12.3. The fraction of sp³-hybridized carbons (Fsp3) is 0.417. The molecule has 2 heterocycles. The Bertz CT molecular complexity index is 480. The fourth-order valence-corrected chi connectivity index (χ4v) is 1.86. The van der Waals surface area contributed by atoms with Crippen LogP contribution < -0.4 is 0 Å². The van der Waals surface area contributed by atoms with Gasteiger partial charge in [-0.25, -0.2) is 4.98 Å². The van der Waals surface area contributed by atoms with Gasteiger partial charge in [-0.2, -0.15) is 0 Å². The maximum atomic E-state index is 6.06. The second-order valence-electron chi connectivity index (χ2n) is 5.05. The second kappa shape index (κ2) is 3.53. The summed E-state index contributed by atoms with van der Waals surface area (Å²) >= 11 is 6.06. The molecule has 0 aliphatic heterocycles. The number of nitrogens with zero attached hydrogens (tertiary/aromatic N) is 2. The quantitative estimate of drug-likeness (QED) is 0.675. The van der Waals surface area contributed by atoms with Crippen molar-refractivity contribution in [3.8, 4) is 0 Å². The summed E-state index contributed by atoms with van der Waals surface area (Å²) in [5.74, 6) is 0. The monoisotopic (exact) mass is 222 g/mol. The number of hydrogen-bond acceptors (Lipinski definition) is 1. The average Bonchev–Trinajstić information content (AvgIpc) is 2.45. The topological polar surface area (TPSA) is 17.3 Å². The van der Waals surface area contributed by atoms with E-state index in [4.69, 9.17) is 11.6 Å². The van der Waals surface area contributed by atoms with Gasteiger partial charge in [-0.3, -0.25) is 4.40 Å². The zero-order chi connectivity index (χ0) is 11.1. The highest BCUT2D eigenvalue weighted by Gasteiger charge is 2.14. The highest BCUT2D eigenvalue weighted by atomic mass is 35.5. The van der Waals surface area contributed by atoms with Crippen molar-refractivity contribution in [2.45, 2.75) is 27.2 Å². The number of halogens is 1. The molecule has 0 saturated carbocycles. The van der Waals surface area contributed by atoms with E-state index >= 15 is 0 Å². The highest BCUT2D eigenvalue weighted by Crippen LogP contribution is 2.21. The van der Waals surface area contributed by atoms with Crippen LogP contribution in [0.25, 0.3) is 5.65 Å². The number of fused-ring (bicyclic) bond motifs is 1. The van der Waals surface area contributed by atoms with Crippen molar-refractivity contribution in [2.24, 2.45) is 5.41 Å². The molecule has 0 atom stereocenters. The van der Waals surface area contributed by atoms with Crippen molar-refractivity contribution in [1.82, 2.24) is 9.38 Å². The summed E-state index contributed by atoms with van der Waals surface area (Å²) in [5.41, 5.74) is 2.27. The first-order valence-corrected chi connectivity index (χ1v) is 5.46. The predicted octanol–water partition coefficient (Wildman–Crippen LogP) is 3.58. The number of aromatic nitrogens is 2. The molecule has 0 aliphatic rings. The molecule has 80 valence electrons. The van der Waals surface area contributed by atoms with Crippen LogP contribution in [0.5, 0.6) is 0 Å². The molecule has 0 saturated heterocycles. The first-order valence-electron chi connectivity index (χ1n) is 5.08. The molecular formula is C12H15ClN2. The molecule has 0 N–H and O–H groups in total. The summed E-state index contributed by atoms with van der Waals surface area (Å²) in [6.45, 7) is 6.62. The van der Waals surface area contributed by atoms with Crippen LogP contribution in [0.15, 0.2) is 24.4 Å². The van der Waals surface area contributed by atoms with E-state index in [1.165, 1.54) is 0 Å². The Morgan fingerprint density at radius 1 is 1.33 bits per heavy atom. The zero-order valence-electron chi connectivity index (χ0n) is 9.29. The molecule has 0 amide bonds. The lowest BCUT2D eigenvalue weighted by Crippen LogP contribution is -2.09. The maximum absolute atomic E-state index is 6.06. The standard InChI is InChI=1S/C12H15ClN2/c1-12(2,3)7-9-8-15-10(13)5-4-6-11(15)14-9/h4-6,8H,7H2,1-3H3.